The van der Waals surface area contributed by atoms with Crippen molar-refractivity contribution in [2.24, 2.45) is 0 Å². The summed E-state index contributed by atoms with van der Waals surface area (Å²) >= 11 is 1.31. The number of carbonyl (C=O) groups is 1. The summed E-state index contributed by atoms with van der Waals surface area (Å²) in [4.78, 5) is 15.2. The summed E-state index contributed by atoms with van der Waals surface area (Å²) in [5, 5.41) is 3.62. The lowest BCUT2D eigenvalue weighted by molar-refractivity contribution is -0.128. The number of thiophene rings is 1. The van der Waals surface area contributed by atoms with Gasteiger partial charge in [0.25, 0.3) is 0 Å². The van der Waals surface area contributed by atoms with Gasteiger partial charge < -0.3 is 9.42 Å². The van der Waals surface area contributed by atoms with Crippen molar-refractivity contribution in [3.05, 3.63) is 23.2 Å². The van der Waals surface area contributed by atoms with E-state index in [-0.39, 0.29) is 17.3 Å². The predicted molar refractivity (Wildman–Crippen MR) is 85.6 cm³/mol. The maximum absolute atomic E-state index is 12.4. The van der Waals surface area contributed by atoms with E-state index in [4.69, 9.17) is 4.52 Å². The summed E-state index contributed by atoms with van der Waals surface area (Å²) in [6.07, 6.45) is 3.46. The normalized spacial score (nSPS) is 15.3. The van der Waals surface area contributed by atoms with Crippen LogP contribution in [-0.2, 0) is 14.8 Å². The number of aryl methyl sites for hydroxylation is 1. The molecule has 2 aromatic heterocycles. The second-order valence-electron chi connectivity index (χ2n) is 5.32. The third-order valence-electron chi connectivity index (χ3n) is 3.71. The topological polar surface area (TPSA) is 92.5 Å². The van der Waals surface area contributed by atoms with Crippen molar-refractivity contribution in [1.82, 2.24) is 14.8 Å². The average molecular weight is 355 g/mol. The fourth-order valence-electron chi connectivity index (χ4n) is 2.51. The van der Waals surface area contributed by atoms with Crippen LogP contribution in [0.15, 0.2) is 27.7 Å². The van der Waals surface area contributed by atoms with Gasteiger partial charge in [-0.05, 0) is 25.8 Å². The summed E-state index contributed by atoms with van der Waals surface area (Å²) in [6.45, 7) is 2.91. The van der Waals surface area contributed by atoms with Gasteiger partial charge in [-0.2, -0.15) is 0 Å². The standard InChI is InChI=1S/C14H17N3O4S2/c1-10-13(8-12(22-10)11-4-5-15-21-11)23(19,20)16-9-14(18)17-6-2-3-7-17/h4-5,8,16H,2-3,6-7,9H2,1H3. The second-order valence-corrected chi connectivity index (χ2v) is 8.31. The number of rotatable bonds is 5. The molecule has 2 aromatic rings. The van der Waals surface area contributed by atoms with Crippen molar-refractivity contribution in [1.29, 1.82) is 0 Å². The molecule has 9 heteroatoms. The summed E-state index contributed by atoms with van der Waals surface area (Å²) in [5.74, 6) is 0.335. The Morgan fingerprint density at radius 2 is 2.17 bits per heavy atom. The fourth-order valence-corrected chi connectivity index (χ4v) is 5.03. The molecule has 1 amide bonds. The number of hydrogen-bond donors (Lipinski definition) is 1. The maximum Gasteiger partial charge on any atom is 0.242 e. The van der Waals surface area contributed by atoms with Crippen LogP contribution in [0.4, 0.5) is 0 Å². The van der Waals surface area contributed by atoms with Crippen molar-refractivity contribution >= 4 is 27.3 Å². The van der Waals surface area contributed by atoms with E-state index < -0.39 is 10.0 Å². The van der Waals surface area contributed by atoms with Crippen LogP contribution < -0.4 is 4.72 Å². The number of likely N-dealkylation sites (tertiary alicyclic amines) is 1. The Hall–Kier alpha value is -1.71. The van der Waals surface area contributed by atoms with Gasteiger partial charge in [-0.25, -0.2) is 13.1 Å². The van der Waals surface area contributed by atoms with E-state index in [0.717, 1.165) is 12.8 Å². The van der Waals surface area contributed by atoms with Crippen molar-refractivity contribution in [3.8, 4) is 10.6 Å². The molecule has 23 heavy (non-hydrogen) atoms. The largest absolute Gasteiger partial charge is 0.355 e. The summed E-state index contributed by atoms with van der Waals surface area (Å²) in [6, 6.07) is 3.22. The molecule has 1 saturated heterocycles. The highest BCUT2D eigenvalue weighted by Crippen LogP contribution is 2.33. The van der Waals surface area contributed by atoms with Gasteiger partial charge in [0, 0.05) is 24.0 Å². The van der Waals surface area contributed by atoms with E-state index in [1.54, 1.807) is 24.0 Å². The smallest absolute Gasteiger partial charge is 0.242 e. The molecule has 0 saturated carbocycles. The highest BCUT2D eigenvalue weighted by molar-refractivity contribution is 7.89. The van der Waals surface area contributed by atoms with Gasteiger partial charge in [0.05, 0.1) is 22.5 Å². The van der Waals surface area contributed by atoms with E-state index in [9.17, 15) is 13.2 Å². The Morgan fingerprint density at radius 3 is 2.83 bits per heavy atom. The minimum atomic E-state index is -3.73. The van der Waals surface area contributed by atoms with Crippen molar-refractivity contribution < 1.29 is 17.7 Å². The van der Waals surface area contributed by atoms with E-state index in [1.165, 1.54) is 17.5 Å². The average Bonchev–Trinajstić information content (AvgIpc) is 3.24. The molecule has 0 bridgehead atoms. The summed E-state index contributed by atoms with van der Waals surface area (Å²) < 4.78 is 32.3. The SMILES string of the molecule is Cc1sc(-c2ccno2)cc1S(=O)(=O)NCC(=O)N1CCCC1. The first kappa shape index (κ1) is 16.2. The van der Waals surface area contributed by atoms with E-state index in [2.05, 4.69) is 9.88 Å². The molecule has 0 unspecified atom stereocenters. The molecular weight excluding hydrogens is 338 g/mol. The van der Waals surface area contributed by atoms with Crippen LogP contribution in [0.5, 0.6) is 0 Å². The number of nitrogens with one attached hydrogen (secondary N) is 1. The van der Waals surface area contributed by atoms with Gasteiger partial charge in [-0.15, -0.1) is 11.3 Å². The molecule has 7 nitrogen and oxygen atoms in total. The Balaban J connectivity index is 1.73. The van der Waals surface area contributed by atoms with E-state index >= 15 is 0 Å². The first-order valence-corrected chi connectivity index (χ1v) is 9.56. The fraction of sp³-hybridized carbons (Fsp3) is 0.429. The van der Waals surface area contributed by atoms with Crippen molar-refractivity contribution in [2.45, 2.75) is 24.7 Å². The number of hydrogen-bond acceptors (Lipinski definition) is 6. The molecule has 1 N–H and O–H groups in total. The highest BCUT2D eigenvalue weighted by atomic mass is 32.2. The van der Waals surface area contributed by atoms with Gasteiger partial charge in [-0.3, -0.25) is 4.79 Å². The molecule has 3 heterocycles. The van der Waals surface area contributed by atoms with Gasteiger partial charge in [-0.1, -0.05) is 5.16 Å². The van der Waals surface area contributed by atoms with Crippen molar-refractivity contribution in [3.63, 3.8) is 0 Å². The van der Waals surface area contributed by atoms with Crippen LogP contribution in [0.1, 0.15) is 17.7 Å². The first-order chi connectivity index (χ1) is 11.0. The molecule has 1 fully saturated rings. The molecule has 0 radical (unpaired) electrons. The van der Waals surface area contributed by atoms with E-state index in [0.29, 0.717) is 28.6 Å². The van der Waals surface area contributed by atoms with Crippen LogP contribution in [0.2, 0.25) is 0 Å². The zero-order valence-electron chi connectivity index (χ0n) is 12.6. The molecule has 0 aliphatic carbocycles. The third-order valence-corrected chi connectivity index (χ3v) is 6.44. The summed E-state index contributed by atoms with van der Waals surface area (Å²) in [5.41, 5.74) is 0. The Bertz CT molecular complexity index is 790. The molecule has 1 aliphatic rings. The molecule has 0 aromatic carbocycles. The minimum absolute atomic E-state index is 0.170. The number of nitrogens with zero attached hydrogens (tertiary/aromatic N) is 2. The monoisotopic (exact) mass is 355 g/mol. The van der Waals surface area contributed by atoms with Crippen molar-refractivity contribution in [2.75, 3.05) is 19.6 Å². The Morgan fingerprint density at radius 1 is 1.43 bits per heavy atom. The quantitative estimate of drug-likeness (QED) is 0.880. The molecule has 0 atom stereocenters. The van der Waals surface area contributed by atoms with Crippen LogP contribution >= 0.6 is 11.3 Å². The second kappa shape index (κ2) is 6.42. The van der Waals surface area contributed by atoms with Gasteiger partial charge in [0.2, 0.25) is 15.9 Å². The zero-order chi connectivity index (χ0) is 16.4. The molecule has 124 valence electrons. The van der Waals surface area contributed by atoms with Gasteiger partial charge >= 0.3 is 0 Å². The maximum atomic E-state index is 12.4. The molecular formula is C14H17N3O4S2. The van der Waals surface area contributed by atoms with Gasteiger partial charge in [0.1, 0.15) is 0 Å². The lowest BCUT2D eigenvalue weighted by Gasteiger charge is -2.15. The number of carbonyl (C=O) groups excluding carboxylic acids is 1. The molecule has 3 rings (SSSR count). The highest BCUT2D eigenvalue weighted by Gasteiger charge is 2.24. The number of aromatic nitrogens is 1. The van der Waals surface area contributed by atoms with Gasteiger partial charge in [0.15, 0.2) is 5.76 Å². The first-order valence-electron chi connectivity index (χ1n) is 7.26. The van der Waals surface area contributed by atoms with Crippen LogP contribution in [0, 0.1) is 6.92 Å². The van der Waals surface area contributed by atoms with Crippen LogP contribution in [-0.4, -0.2) is 44.0 Å². The number of amides is 1. The Labute approximate surface area is 138 Å². The zero-order valence-corrected chi connectivity index (χ0v) is 14.2. The lowest BCUT2D eigenvalue weighted by Crippen LogP contribution is -2.38. The molecule has 1 aliphatic heterocycles. The number of sulfonamides is 1. The predicted octanol–water partition coefficient (Wildman–Crippen LogP) is 1.61. The third kappa shape index (κ3) is 3.46. The lowest BCUT2D eigenvalue weighted by atomic mass is 10.3. The van der Waals surface area contributed by atoms with Crippen LogP contribution in [0.3, 0.4) is 0 Å². The van der Waals surface area contributed by atoms with Crippen LogP contribution in [0.25, 0.3) is 10.6 Å². The minimum Gasteiger partial charge on any atom is -0.355 e. The molecule has 0 spiro atoms. The summed E-state index contributed by atoms with van der Waals surface area (Å²) in [7, 11) is -3.73. The van der Waals surface area contributed by atoms with E-state index in [1.807, 2.05) is 0 Å². The Kier molecular flexibility index (Phi) is 4.51.